The van der Waals surface area contributed by atoms with Crippen molar-refractivity contribution < 1.29 is 29.5 Å². The second-order valence-electron chi connectivity index (χ2n) is 3.22. The summed E-state index contributed by atoms with van der Waals surface area (Å²) in [7, 11) is 0. The van der Waals surface area contributed by atoms with E-state index in [-0.39, 0.29) is 18.1 Å². The van der Waals surface area contributed by atoms with Gasteiger partial charge in [0.1, 0.15) is 0 Å². The summed E-state index contributed by atoms with van der Waals surface area (Å²) in [5.41, 5.74) is 0. The van der Waals surface area contributed by atoms with Crippen molar-refractivity contribution in [3.8, 4) is 0 Å². The highest BCUT2D eigenvalue weighted by atomic mass is 17.1. The van der Waals surface area contributed by atoms with E-state index in [9.17, 15) is 4.79 Å². The number of carbonyl (C=O) groups is 1. The molecule has 0 heterocycles. The van der Waals surface area contributed by atoms with Gasteiger partial charge in [-0.1, -0.05) is 0 Å². The Morgan fingerprint density at radius 3 is 2.40 bits per heavy atom. The molecule has 0 saturated carbocycles. The molecule has 0 radical (unpaired) electrons. The molecule has 2 N–H and O–H groups in total. The van der Waals surface area contributed by atoms with Crippen LogP contribution in [0.15, 0.2) is 0 Å². The third-order valence-electron chi connectivity index (χ3n) is 1.35. The van der Waals surface area contributed by atoms with Crippen LogP contribution in [-0.4, -0.2) is 40.8 Å². The number of ether oxygens (including phenoxy) is 2. The molecule has 7 nitrogen and oxygen atoms in total. The predicted molar refractivity (Wildman–Crippen MR) is 48.1 cm³/mol. The third kappa shape index (κ3) is 9.42. The Labute approximate surface area is 88.0 Å². The first-order valence-corrected chi connectivity index (χ1v) is 4.60. The molecule has 0 amide bonds. The molecule has 0 aromatic heterocycles. The molecule has 0 aromatic carbocycles. The highest BCUT2D eigenvalue weighted by Crippen LogP contribution is 2.00. The maximum Gasteiger partial charge on any atom is 0.508 e. The molecule has 15 heavy (non-hydrogen) atoms. The lowest BCUT2D eigenvalue weighted by Gasteiger charge is -2.14. The third-order valence-corrected chi connectivity index (χ3v) is 1.35. The zero-order chi connectivity index (χ0) is 11.8. The highest BCUT2D eigenvalue weighted by molar-refractivity contribution is 5.59. The fourth-order valence-electron chi connectivity index (χ4n) is 0.748. The standard InChI is InChI=1S/C8H17NO6/c1-6(2)14-8(10)13-5-4-7(3)15-9(11)12/h6-7,11-12H,4-5H2,1-3H3/t7-/m0/s1. The fraction of sp³-hybridized carbons (Fsp3) is 0.875. The maximum absolute atomic E-state index is 10.9. The molecule has 90 valence electrons. The monoisotopic (exact) mass is 223 g/mol. The fourth-order valence-corrected chi connectivity index (χ4v) is 0.748. The van der Waals surface area contributed by atoms with Gasteiger partial charge in [-0.25, -0.2) is 9.63 Å². The second kappa shape index (κ2) is 7.41. The van der Waals surface area contributed by atoms with Crippen LogP contribution in [0.2, 0.25) is 0 Å². The molecule has 1 atom stereocenters. The van der Waals surface area contributed by atoms with Gasteiger partial charge in [0.25, 0.3) is 0 Å². The van der Waals surface area contributed by atoms with Gasteiger partial charge in [-0.15, -0.1) is 0 Å². The molecule has 0 rings (SSSR count). The van der Waals surface area contributed by atoms with Crippen molar-refractivity contribution in [1.29, 1.82) is 0 Å². The summed E-state index contributed by atoms with van der Waals surface area (Å²) >= 11 is 0. The summed E-state index contributed by atoms with van der Waals surface area (Å²) < 4.78 is 9.38. The normalized spacial score (nSPS) is 13.0. The SMILES string of the molecule is CC(C)OC(=O)OCC[C@H](C)ON(O)O. The van der Waals surface area contributed by atoms with Crippen molar-refractivity contribution in [2.24, 2.45) is 0 Å². The molecule has 0 unspecified atom stereocenters. The minimum Gasteiger partial charge on any atom is -0.434 e. The second-order valence-corrected chi connectivity index (χ2v) is 3.22. The van der Waals surface area contributed by atoms with Crippen molar-refractivity contribution in [3.63, 3.8) is 0 Å². The average Bonchev–Trinajstić information content (AvgIpc) is 2.00. The van der Waals surface area contributed by atoms with Gasteiger partial charge in [-0.2, -0.15) is 0 Å². The van der Waals surface area contributed by atoms with Gasteiger partial charge < -0.3 is 9.47 Å². The molecular formula is C8H17NO6. The van der Waals surface area contributed by atoms with E-state index >= 15 is 0 Å². The first-order valence-electron chi connectivity index (χ1n) is 4.60. The quantitative estimate of drug-likeness (QED) is 0.518. The van der Waals surface area contributed by atoms with Gasteiger partial charge in [-0.3, -0.25) is 10.4 Å². The lowest BCUT2D eigenvalue weighted by Crippen LogP contribution is -2.23. The summed E-state index contributed by atoms with van der Waals surface area (Å²) in [6, 6.07) is 0. The van der Waals surface area contributed by atoms with Gasteiger partial charge in [0, 0.05) is 6.42 Å². The van der Waals surface area contributed by atoms with Gasteiger partial charge in [-0.05, 0) is 20.8 Å². The maximum atomic E-state index is 10.9. The van der Waals surface area contributed by atoms with E-state index in [1.54, 1.807) is 20.8 Å². The molecule has 7 heteroatoms. The highest BCUT2D eigenvalue weighted by Gasteiger charge is 2.10. The average molecular weight is 223 g/mol. The van der Waals surface area contributed by atoms with Crippen LogP contribution in [0.4, 0.5) is 4.79 Å². The minimum atomic E-state index is -0.748. The molecule has 0 aliphatic heterocycles. The van der Waals surface area contributed by atoms with E-state index in [1.165, 1.54) is 0 Å². The Morgan fingerprint density at radius 1 is 1.33 bits per heavy atom. The van der Waals surface area contributed by atoms with Crippen molar-refractivity contribution >= 4 is 6.16 Å². The smallest absolute Gasteiger partial charge is 0.434 e. The van der Waals surface area contributed by atoms with Crippen LogP contribution in [0.1, 0.15) is 27.2 Å². The lowest BCUT2D eigenvalue weighted by molar-refractivity contribution is -0.503. The Bertz CT molecular complexity index is 184. The molecule has 0 fully saturated rings. The number of carbonyl (C=O) groups excluding carboxylic acids is 1. The Balaban J connectivity index is 3.48. The topological polar surface area (TPSA) is 88.5 Å². The first-order chi connectivity index (χ1) is 6.91. The van der Waals surface area contributed by atoms with Crippen LogP contribution < -0.4 is 0 Å². The van der Waals surface area contributed by atoms with Crippen LogP contribution in [0.3, 0.4) is 0 Å². The molecule has 0 bridgehead atoms. The van der Waals surface area contributed by atoms with Crippen LogP contribution in [0.25, 0.3) is 0 Å². The minimum absolute atomic E-state index is 0.0839. The molecule has 0 aliphatic carbocycles. The van der Waals surface area contributed by atoms with E-state index in [2.05, 4.69) is 9.57 Å². The Kier molecular flexibility index (Phi) is 6.97. The first kappa shape index (κ1) is 14.1. The van der Waals surface area contributed by atoms with E-state index in [0.717, 1.165) is 0 Å². The van der Waals surface area contributed by atoms with Crippen LogP contribution >= 0.6 is 0 Å². The van der Waals surface area contributed by atoms with Crippen molar-refractivity contribution in [3.05, 3.63) is 0 Å². The molecule has 0 saturated heterocycles. The van der Waals surface area contributed by atoms with Crippen molar-refractivity contribution in [1.82, 2.24) is 5.39 Å². The zero-order valence-corrected chi connectivity index (χ0v) is 9.04. The zero-order valence-electron chi connectivity index (χ0n) is 9.04. The van der Waals surface area contributed by atoms with Gasteiger partial charge in [0.15, 0.2) is 0 Å². The van der Waals surface area contributed by atoms with E-state index < -0.39 is 12.3 Å². The van der Waals surface area contributed by atoms with Crippen molar-refractivity contribution in [2.45, 2.75) is 39.4 Å². The number of nitrogens with zero attached hydrogens (tertiary/aromatic N) is 1. The van der Waals surface area contributed by atoms with E-state index in [1.807, 2.05) is 0 Å². The van der Waals surface area contributed by atoms with Crippen molar-refractivity contribution in [2.75, 3.05) is 6.61 Å². The Hall–Kier alpha value is -0.890. The number of rotatable bonds is 6. The molecule has 0 spiro atoms. The van der Waals surface area contributed by atoms with Crippen LogP contribution in [-0.2, 0) is 14.3 Å². The summed E-state index contributed by atoms with van der Waals surface area (Å²) in [6.07, 6.45) is -1.13. The summed E-state index contributed by atoms with van der Waals surface area (Å²) in [4.78, 5) is 15.3. The largest absolute Gasteiger partial charge is 0.508 e. The summed E-state index contributed by atoms with van der Waals surface area (Å²) in [5, 5.41) is 16.2. The van der Waals surface area contributed by atoms with Gasteiger partial charge in [0.05, 0.1) is 24.2 Å². The predicted octanol–water partition coefficient (Wildman–Crippen LogP) is 1.34. The Morgan fingerprint density at radius 2 is 1.93 bits per heavy atom. The van der Waals surface area contributed by atoms with Gasteiger partial charge in [0.2, 0.25) is 0 Å². The van der Waals surface area contributed by atoms with Crippen LogP contribution in [0, 0.1) is 0 Å². The van der Waals surface area contributed by atoms with E-state index in [0.29, 0.717) is 6.42 Å². The molecular weight excluding hydrogens is 206 g/mol. The lowest BCUT2D eigenvalue weighted by atomic mass is 10.3. The molecule has 0 aliphatic rings. The number of hydrogen-bond acceptors (Lipinski definition) is 7. The summed E-state index contributed by atoms with van der Waals surface area (Å²) in [6.45, 7) is 5.10. The summed E-state index contributed by atoms with van der Waals surface area (Å²) in [5.74, 6) is 0. The van der Waals surface area contributed by atoms with Gasteiger partial charge >= 0.3 is 6.16 Å². The number of hydrogen-bond donors (Lipinski definition) is 2. The van der Waals surface area contributed by atoms with Crippen LogP contribution in [0.5, 0.6) is 0 Å². The van der Waals surface area contributed by atoms with E-state index in [4.69, 9.17) is 15.2 Å². The molecule has 0 aromatic rings.